The quantitative estimate of drug-likeness (QED) is 0.520. The van der Waals surface area contributed by atoms with Gasteiger partial charge in [0.1, 0.15) is 10.8 Å². The molecule has 0 radical (unpaired) electrons. The molecule has 0 unspecified atom stereocenters. The van der Waals surface area contributed by atoms with E-state index >= 15 is 0 Å². The van der Waals surface area contributed by atoms with E-state index in [2.05, 4.69) is 20.3 Å². The van der Waals surface area contributed by atoms with Crippen molar-refractivity contribution in [3.05, 3.63) is 65.6 Å². The number of anilines is 2. The fourth-order valence-corrected chi connectivity index (χ4v) is 3.69. The zero-order chi connectivity index (χ0) is 20.9. The van der Waals surface area contributed by atoms with Crippen molar-refractivity contribution in [1.82, 2.24) is 9.71 Å². The molecule has 29 heavy (non-hydrogen) atoms. The van der Waals surface area contributed by atoms with E-state index in [4.69, 9.17) is 0 Å². The van der Waals surface area contributed by atoms with Crippen LogP contribution in [0.15, 0.2) is 54.7 Å². The van der Waals surface area contributed by atoms with Crippen LogP contribution >= 0.6 is 11.3 Å². The number of hydrogen-bond acceptors (Lipinski definition) is 5. The maximum atomic E-state index is 13.6. The molecule has 0 aliphatic rings. The first-order chi connectivity index (χ1) is 13.9. The number of amides is 2. The number of aromatic nitrogens is 1. The molecule has 2 aromatic carbocycles. The van der Waals surface area contributed by atoms with Gasteiger partial charge in [-0.2, -0.15) is 0 Å². The molecule has 0 aliphatic heterocycles. The molecule has 3 aromatic rings. The van der Waals surface area contributed by atoms with E-state index in [-0.39, 0.29) is 12.2 Å². The van der Waals surface area contributed by atoms with E-state index in [0.29, 0.717) is 10.7 Å². The molecule has 3 rings (SSSR count). The zero-order valence-corrected chi connectivity index (χ0v) is 16.5. The van der Waals surface area contributed by atoms with Gasteiger partial charge >= 0.3 is 6.03 Å². The normalized spacial score (nSPS) is 11.2. The molecule has 2 amide bonds. The standard InChI is InChI=1S/C18H16F2N4O3S2/c19-11-29(26,27)22-10-17-21-9-16(28-17)12-5-7-13(8-6-12)23-18(25)24-15-4-2-1-3-14(15)20/h1-9,22H,10-11H2,(H2,23,24,25). The number of rotatable bonds is 7. The van der Waals surface area contributed by atoms with Crippen LogP contribution in [0.2, 0.25) is 0 Å². The van der Waals surface area contributed by atoms with Crippen LogP contribution in [-0.2, 0) is 16.6 Å². The first-order valence-electron chi connectivity index (χ1n) is 8.27. The van der Waals surface area contributed by atoms with Gasteiger partial charge in [0.15, 0.2) is 0 Å². The number of alkyl halides is 1. The summed E-state index contributed by atoms with van der Waals surface area (Å²) in [4.78, 5) is 16.9. The SMILES string of the molecule is O=C(Nc1ccc(-c2cnc(CNS(=O)(=O)CF)s2)cc1)Nc1ccccc1F. The summed E-state index contributed by atoms with van der Waals surface area (Å²) in [5.41, 5.74) is 1.38. The predicted molar refractivity (Wildman–Crippen MR) is 108 cm³/mol. The molecule has 0 spiro atoms. The average Bonchev–Trinajstić information content (AvgIpc) is 3.18. The number of carbonyl (C=O) groups excluding carboxylic acids is 1. The van der Waals surface area contributed by atoms with Gasteiger partial charge in [-0.1, -0.05) is 24.3 Å². The summed E-state index contributed by atoms with van der Waals surface area (Å²) in [6.45, 7) is -0.0905. The van der Waals surface area contributed by atoms with Crippen LogP contribution in [0.5, 0.6) is 0 Å². The highest BCUT2D eigenvalue weighted by molar-refractivity contribution is 7.89. The van der Waals surface area contributed by atoms with Gasteiger partial charge in [-0.25, -0.2) is 31.7 Å². The lowest BCUT2D eigenvalue weighted by Crippen LogP contribution is -2.24. The van der Waals surface area contributed by atoms with E-state index in [1.807, 2.05) is 0 Å². The lowest BCUT2D eigenvalue weighted by molar-refractivity contribution is 0.262. The first-order valence-corrected chi connectivity index (χ1v) is 10.7. The van der Waals surface area contributed by atoms with Gasteiger partial charge < -0.3 is 10.6 Å². The van der Waals surface area contributed by atoms with Crippen LogP contribution in [0.4, 0.5) is 25.0 Å². The maximum absolute atomic E-state index is 13.6. The van der Waals surface area contributed by atoms with Gasteiger partial charge in [0.05, 0.1) is 17.1 Å². The molecule has 0 aliphatic carbocycles. The van der Waals surface area contributed by atoms with E-state index in [1.165, 1.54) is 29.5 Å². The molecule has 0 saturated heterocycles. The minimum Gasteiger partial charge on any atom is -0.308 e. The van der Waals surface area contributed by atoms with Crippen molar-refractivity contribution in [3.8, 4) is 10.4 Å². The second-order valence-electron chi connectivity index (χ2n) is 5.80. The minimum atomic E-state index is -3.94. The van der Waals surface area contributed by atoms with E-state index in [0.717, 1.165) is 10.4 Å². The highest BCUT2D eigenvalue weighted by Crippen LogP contribution is 2.27. The molecule has 3 N–H and O–H groups in total. The van der Waals surface area contributed by atoms with Gasteiger partial charge in [-0.3, -0.25) is 0 Å². The molecule has 0 saturated carbocycles. The first kappa shape index (κ1) is 20.8. The van der Waals surface area contributed by atoms with Crippen molar-refractivity contribution in [2.24, 2.45) is 0 Å². The van der Waals surface area contributed by atoms with Crippen molar-refractivity contribution < 1.29 is 22.0 Å². The lowest BCUT2D eigenvalue weighted by atomic mass is 10.2. The summed E-state index contributed by atoms with van der Waals surface area (Å²) >= 11 is 1.26. The molecule has 0 fully saturated rings. The number of para-hydroxylation sites is 1. The summed E-state index contributed by atoms with van der Waals surface area (Å²) in [6.07, 6.45) is 1.58. The summed E-state index contributed by atoms with van der Waals surface area (Å²) < 4.78 is 50.2. The Kier molecular flexibility index (Phi) is 6.52. The monoisotopic (exact) mass is 438 g/mol. The Balaban J connectivity index is 1.60. The molecule has 1 heterocycles. The fraction of sp³-hybridized carbons (Fsp3) is 0.111. The van der Waals surface area contributed by atoms with Gasteiger partial charge in [-0.05, 0) is 29.8 Å². The van der Waals surface area contributed by atoms with Crippen LogP contribution in [0.25, 0.3) is 10.4 Å². The summed E-state index contributed by atoms with van der Waals surface area (Å²) in [6, 6.07) is 10.6. The smallest absolute Gasteiger partial charge is 0.308 e. The number of halogens is 2. The fourth-order valence-electron chi connectivity index (χ4n) is 2.30. The predicted octanol–water partition coefficient (Wildman–Crippen LogP) is 3.94. The molecule has 7 nitrogen and oxygen atoms in total. The molecular formula is C18H16F2N4O3S2. The molecule has 0 bridgehead atoms. The largest absolute Gasteiger partial charge is 0.323 e. The Morgan fingerprint density at radius 1 is 1.07 bits per heavy atom. The summed E-state index contributed by atoms with van der Waals surface area (Å²) in [7, 11) is -3.94. The Morgan fingerprint density at radius 2 is 1.79 bits per heavy atom. The van der Waals surface area contributed by atoms with E-state index in [1.54, 1.807) is 36.5 Å². The molecule has 11 heteroatoms. The highest BCUT2D eigenvalue weighted by atomic mass is 32.2. The van der Waals surface area contributed by atoms with Gasteiger partial charge in [0, 0.05) is 11.9 Å². The molecular weight excluding hydrogens is 422 g/mol. The number of nitrogens with one attached hydrogen (secondary N) is 3. The van der Waals surface area contributed by atoms with Crippen LogP contribution in [0, 0.1) is 5.82 Å². The third-order valence-electron chi connectivity index (χ3n) is 3.69. The van der Waals surface area contributed by atoms with Gasteiger partial charge in [0.2, 0.25) is 16.0 Å². The van der Waals surface area contributed by atoms with E-state index < -0.39 is 27.9 Å². The topological polar surface area (TPSA) is 100 Å². The summed E-state index contributed by atoms with van der Waals surface area (Å²) in [5, 5.41) is 5.52. The van der Waals surface area contributed by atoms with Crippen LogP contribution < -0.4 is 15.4 Å². The second-order valence-corrected chi connectivity index (χ2v) is 8.65. The number of benzene rings is 2. The van der Waals surface area contributed by atoms with Crippen molar-refractivity contribution in [1.29, 1.82) is 0 Å². The number of thiazole rings is 1. The van der Waals surface area contributed by atoms with Gasteiger partial charge in [-0.15, -0.1) is 11.3 Å². The van der Waals surface area contributed by atoms with Gasteiger partial charge in [0.25, 0.3) is 0 Å². The average molecular weight is 438 g/mol. The zero-order valence-electron chi connectivity index (χ0n) is 14.9. The van der Waals surface area contributed by atoms with Crippen LogP contribution in [0.3, 0.4) is 0 Å². The molecule has 152 valence electrons. The molecule has 0 atom stereocenters. The van der Waals surface area contributed by atoms with Crippen LogP contribution in [-0.4, -0.2) is 25.4 Å². The number of carbonyl (C=O) groups is 1. The minimum absolute atomic E-state index is 0.0715. The Labute approximate surface area is 169 Å². The third kappa shape index (κ3) is 5.79. The number of urea groups is 1. The van der Waals surface area contributed by atoms with Crippen LogP contribution in [0.1, 0.15) is 5.01 Å². The highest BCUT2D eigenvalue weighted by Gasteiger charge is 2.11. The Bertz CT molecular complexity index is 1100. The number of nitrogens with zero attached hydrogens (tertiary/aromatic N) is 1. The maximum Gasteiger partial charge on any atom is 0.323 e. The van der Waals surface area contributed by atoms with Crippen molar-refractivity contribution in [2.45, 2.75) is 6.54 Å². The Hall–Kier alpha value is -2.89. The molecule has 1 aromatic heterocycles. The van der Waals surface area contributed by atoms with E-state index in [9.17, 15) is 22.0 Å². The number of hydrogen-bond donors (Lipinski definition) is 3. The number of sulfonamides is 1. The van der Waals surface area contributed by atoms with Crippen molar-refractivity contribution in [2.75, 3.05) is 16.6 Å². The Morgan fingerprint density at radius 3 is 2.48 bits per heavy atom. The lowest BCUT2D eigenvalue weighted by Gasteiger charge is -2.08. The third-order valence-corrected chi connectivity index (χ3v) is 5.61. The van der Waals surface area contributed by atoms with Crippen molar-refractivity contribution >= 4 is 38.8 Å². The summed E-state index contributed by atoms with van der Waals surface area (Å²) in [5.74, 6) is -0.534. The van der Waals surface area contributed by atoms with Crippen molar-refractivity contribution in [3.63, 3.8) is 0 Å². The second kappa shape index (κ2) is 9.07.